The Labute approximate surface area is 255 Å². The Morgan fingerprint density at radius 2 is 0.780 bits per heavy atom. The lowest BCUT2D eigenvalue weighted by Gasteiger charge is -2.12. The van der Waals surface area contributed by atoms with Gasteiger partial charge in [-0.3, -0.25) is 9.59 Å². The highest BCUT2D eigenvalue weighted by atomic mass is 16.6. The van der Waals surface area contributed by atoms with Gasteiger partial charge in [-0.2, -0.15) is 0 Å². The molecule has 244 valence electrons. The van der Waals surface area contributed by atoms with E-state index in [4.69, 9.17) is 9.47 Å². The van der Waals surface area contributed by atoms with E-state index in [-0.39, 0.29) is 25.2 Å². The van der Waals surface area contributed by atoms with E-state index in [0.717, 1.165) is 31.6 Å². The second-order valence-electron chi connectivity index (χ2n) is 12.8. The lowest BCUT2D eigenvalue weighted by molar-refractivity contribution is -0.152. The summed E-state index contributed by atoms with van der Waals surface area (Å²) in [6.07, 6.45) is 31.5. The summed E-state index contributed by atoms with van der Waals surface area (Å²) in [5.41, 5.74) is 0. The summed E-state index contributed by atoms with van der Waals surface area (Å²) in [6.45, 7) is 6.65. The third kappa shape index (κ3) is 33.3. The molecule has 41 heavy (non-hydrogen) atoms. The molecule has 0 aromatic rings. The zero-order chi connectivity index (χ0) is 30.2. The zero-order valence-corrected chi connectivity index (χ0v) is 27.7. The molecule has 0 bridgehead atoms. The fourth-order valence-electron chi connectivity index (χ4n) is 5.27. The first kappa shape index (κ1) is 39.9. The first-order valence-electron chi connectivity index (χ1n) is 17.9. The van der Waals surface area contributed by atoms with Crippen LogP contribution in [-0.4, -0.2) is 36.4 Å². The number of carbonyl (C=O) groups excluding carboxylic acids is 2. The molecule has 0 aliphatic rings. The van der Waals surface area contributed by atoms with Gasteiger partial charge in [0.1, 0.15) is 19.3 Å². The standard InChI is InChI=1S/C36H70O5/c1-4-5-6-7-8-9-10-11-14-17-20-23-26-29-35(38)40-31-34(37)32-41-36(39)30-27-24-21-18-15-12-13-16-19-22-25-28-33(2)3/h33-34,37H,4-32H2,1-3H3/t34-/m0/s1. The number of rotatable bonds is 32. The van der Waals surface area contributed by atoms with E-state index in [0.29, 0.717) is 12.8 Å². The second-order valence-corrected chi connectivity index (χ2v) is 12.8. The van der Waals surface area contributed by atoms with Crippen molar-refractivity contribution in [2.45, 2.75) is 200 Å². The summed E-state index contributed by atoms with van der Waals surface area (Å²) in [5, 5.41) is 9.97. The first-order chi connectivity index (χ1) is 20.0. The highest BCUT2D eigenvalue weighted by Gasteiger charge is 2.12. The van der Waals surface area contributed by atoms with Crippen molar-refractivity contribution >= 4 is 11.9 Å². The van der Waals surface area contributed by atoms with Gasteiger partial charge in [-0.1, -0.05) is 168 Å². The van der Waals surface area contributed by atoms with Crippen LogP contribution in [0.25, 0.3) is 0 Å². The van der Waals surface area contributed by atoms with Crippen LogP contribution in [-0.2, 0) is 19.1 Å². The number of unbranched alkanes of at least 4 members (excludes halogenated alkanes) is 22. The molecule has 0 saturated heterocycles. The van der Waals surface area contributed by atoms with Crippen LogP contribution < -0.4 is 0 Å². The molecule has 0 rings (SSSR count). The van der Waals surface area contributed by atoms with Crippen molar-refractivity contribution in [1.82, 2.24) is 0 Å². The van der Waals surface area contributed by atoms with Crippen LogP contribution in [0.4, 0.5) is 0 Å². The van der Waals surface area contributed by atoms with Crippen molar-refractivity contribution in [2.24, 2.45) is 5.92 Å². The van der Waals surface area contributed by atoms with Crippen LogP contribution in [0.5, 0.6) is 0 Å². The Bertz CT molecular complexity index is 562. The van der Waals surface area contributed by atoms with E-state index in [1.165, 1.54) is 135 Å². The van der Waals surface area contributed by atoms with E-state index < -0.39 is 6.10 Å². The summed E-state index contributed by atoms with van der Waals surface area (Å²) < 4.78 is 10.3. The minimum absolute atomic E-state index is 0.109. The smallest absolute Gasteiger partial charge is 0.305 e. The fraction of sp³-hybridized carbons (Fsp3) is 0.944. The molecule has 0 aliphatic heterocycles. The predicted octanol–water partition coefficient (Wildman–Crippen LogP) is 10.6. The first-order valence-corrected chi connectivity index (χ1v) is 17.9. The Morgan fingerprint density at radius 3 is 1.10 bits per heavy atom. The van der Waals surface area contributed by atoms with Gasteiger partial charge >= 0.3 is 11.9 Å². The molecule has 0 aromatic heterocycles. The van der Waals surface area contributed by atoms with E-state index in [1.54, 1.807) is 0 Å². The van der Waals surface area contributed by atoms with Crippen LogP contribution in [0.2, 0.25) is 0 Å². The molecule has 0 saturated carbocycles. The number of aliphatic hydroxyl groups is 1. The average Bonchev–Trinajstić information content (AvgIpc) is 2.95. The van der Waals surface area contributed by atoms with Crippen molar-refractivity contribution in [1.29, 1.82) is 0 Å². The monoisotopic (exact) mass is 583 g/mol. The van der Waals surface area contributed by atoms with Crippen LogP contribution in [0.3, 0.4) is 0 Å². The Morgan fingerprint density at radius 1 is 0.488 bits per heavy atom. The van der Waals surface area contributed by atoms with Crippen molar-refractivity contribution in [3.63, 3.8) is 0 Å². The molecule has 0 radical (unpaired) electrons. The van der Waals surface area contributed by atoms with Gasteiger partial charge in [0.05, 0.1) is 0 Å². The Balaban J connectivity index is 3.40. The SMILES string of the molecule is CCCCCCCCCCCCCCCC(=O)OC[C@H](O)COC(=O)CCCCCCCCCCCCCC(C)C. The zero-order valence-electron chi connectivity index (χ0n) is 27.7. The number of aliphatic hydroxyl groups excluding tert-OH is 1. The largest absolute Gasteiger partial charge is 0.463 e. The number of ether oxygens (including phenoxy) is 2. The molecule has 0 spiro atoms. The van der Waals surface area contributed by atoms with Gasteiger partial charge in [-0.05, 0) is 18.8 Å². The summed E-state index contributed by atoms with van der Waals surface area (Å²) >= 11 is 0. The molecule has 1 atom stereocenters. The third-order valence-electron chi connectivity index (χ3n) is 8.02. The highest BCUT2D eigenvalue weighted by molar-refractivity contribution is 5.69. The van der Waals surface area contributed by atoms with Crippen LogP contribution in [0.1, 0.15) is 194 Å². The van der Waals surface area contributed by atoms with E-state index in [2.05, 4.69) is 20.8 Å². The molecular weight excluding hydrogens is 512 g/mol. The topological polar surface area (TPSA) is 72.8 Å². The molecule has 0 fully saturated rings. The molecule has 1 N–H and O–H groups in total. The van der Waals surface area contributed by atoms with E-state index in [1.807, 2.05) is 0 Å². The van der Waals surface area contributed by atoms with Crippen molar-refractivity contribution in [3.8, 4) is 0 Å². The highest BCUT2D eigenvalue weighted by Crippen LogP contribution is 2.15. The molecule has 5 heteroatoms. The van der Waals surface area contributed by atoms with Gasteiger partial charge in [0.15, 0.2) is 0 Å². The number of esters is 2. The maximum atomic E-state index is 11.9. The average molecular weight is 583 g/mol. The predicted molar refractivity (Wildman–Crippen MR) is 173 cm³/mol. The van der Waals surface area contributed by atoms with Crippen LogP contribution >= 0.6 is 0 Å². The van der Waals surface area contributed by atoms with Crippen molar-refractivity contribution < 1.29 is 24.2 Å². The van der Waals surface area contributed by atoms with Crippen molar-refractivity contribution in [3.05, 3.63) is 0 Å². The molecule has 0 aromatic carbocycles. The summed E-state index contributed by atoms with van der Waals surface area (Å²) in [7, 11) is 0. The summed E-state index contributed by atoms with van der Waals surface area (Å²) in [5.74, 6) is 0.281. The Hall–Kier alpha value is -1.10. The van der Waals surface area contributed by atoms with Gasteiger partial charge in [0.2, 0.25) is 0 Å². The minimum Gasteiger partial charge on any atom is -0.463 e. The quantitative estimate of drug-likeness (QED) is 0.0631. The molecule has 0 heterocycles. The lowest BCUT2D eigenvalue weighted by Crippen LogP contribution is -2.25. The molecule has 0 aliphatic carbocycles. The van der Waals surface area contributed by atoms with Gasteiger partial charge in [-0.25, -0.2) is 0 Å². The lowest BCUT2D eigenvalue weighted by atomic mass is 10.0. The summed E-state index contributed by atoms with van der Waals surface area (Å²) in [4.78, 5) is 23.8. The van der Waals surface area contributed by atoms with Crippen molar-refractivity contribution in [2.75, 3.05) is 13.2 Å². The maximum Gasteiger partial charge on any atom is 0.305 e. The number of hydrogen-bond donors (Lipinski definition) is 1. The Kier molecular flexibility index (Phi) is 31.0. The van der Waals surface area contributed by atoms with Gasteiger partial charge in [-0.15, -0.1) is 0 Å². The number of carbonyl (C=O) groups is 2. The van der Waals surface area contributed by atoms with Gasteiger partial charge in [0.25, 0.3) is 0 Å². The minimum atomic E-state index is -0.954. The third-order valence-corrected chi connectivity index (χ3v) is 8.02. The molecular formula is C36H70O5. The van der Waals surface area contributed by atoms with Crippen LogP contribution in [0, 0.1) is 5.92 Å². The van der Waals surface area contributed by atoms with E-state index in [9.17, 15) is 14.7 Å². The summed E-state index contributed by atoms with van der Waals surface area (Å²) in [6, 6.07) is 0. The molecule has 0 unspecified atom stereocenters. The van der Waals surface area contributed by atoms with E-state index >= 15 is 0 Å². The normalized spacial score (nSPS) is 12.1. The fourth-order valence-corrected chi connectivity index (χ4v) is 5.27. The number of hydrogen-bond acceptors (Lipinski definition) is 5. The molecule has 5 nitrogen and oxygen atoms in total. The second kappa shape index (κ2) is 31.8. The van der Waals surface area contributed by atoms with Gasteiger partial charge < -0.3 is 14.6 Å². The molecule has 0 amide bonds. The van der Waals surface area contributed by atoms with Crippen LogP contribution in [0.15, 0.2) is 0 Å². The maximum absolute atomic E-state index is 11.9. The van der Waals surface area contributed by atoms with Gasteiger partial charge in [0, 0.05) is 12.8 Å².